The summed E-state index contributed by atoms with van der Waals surface area (Å²) in [5, 5.41) is 0. The highest BCUT2D eigenvalue weighted by molar-refractivity contribution is 7.89. The van der Waals surface area contributed by atoms with E-state index in [1.165, 1.54) is 11.1 Å². The number of benzene rings is 1. The van der Waals surface area contributed by atoms with Crippen molar-refractivity contribution in [1.29, 1.82) is 0 Å². The third-order valence-corrected chi connectivity index (χ3v) is 5.28. The number of nitrogens with one attached hydrogen (secondary N) is 2. The Morgan fingerprint density at radius 1 is 1.24 bits per heavy atom. The number of aromatic amines is 1. The van der Waals surface area contributed by atoms with Crippen molar-refractivity contribution in [3.8, 4) is 0 Å². The lowest BCUT2D eigenvalue weighted by Crippen LogP contribution is -2.25. The van der Waals surface area contributed by atoms with E-state index in [9.17, 15) is 8.42 Å². The van der Waals surface area contributed by atoms with E-state index in [4.69, 9.17) is 0 Å². The number of hydrogen-bond donors (Lipinski definition) is 2. The van der Waals surface area contributed by atoms with Gasteiger partial charge in [-0.3, -0.25) is 0 Å². The Morgan fingerprint density at radius 2 is 2.10 bits per heavy atom. The van der Waals surface area contributed by atoms with Gasteiger partial charge in [-0.05, 0) is 48.9 Å². The van der Waals surface area contributed by atoms with Crippen molar-refractivity contribution in [2.75, 3.05) is 6.54 Å². The zero-order valence-corrected chi connectivity index (χ0v) is 12.6. The zero-order chi connectivity index (χ0) is 14.7. The van der Waals surface area contributed by atoms with Crippen LogP contribution in [0.5, 0.6) is 0 Å². The van der Waals surface area contributed by atoms with Gasteiger partial charge in [0, 0.05) is 25.4 Å². The standard InChI is InChI=1S/C15H19N3O2S/c19-21(20,18-8-2-5-15-16-9-10-17-15)14-7-6-12-3-1-4-13(12)11-14/h6-7,9-11,18H,1-5,8H2,(H,16,17). The predicted molar refractivity (Wildman–Crippen MR) is 80.6 cm³/mol. The first-order valence-corrected chi connectivity index (χ1v) is 8.73. The molecule has 0 unspecified atom stereocenters. The van der Waals surface area contributed by atoms with Crippen LogP contribution in [0.1, 0.15) is 29.8 Å². The molecule has 0 saturated heterocycles. The summed E-state index contributed by atoms with van der Waals surface area (Å²) >= 11 is 0. The monoisotopic (exact) mass is 305 g/mol. The van der Waals surface area contributed by atoms with Gasteiger partial charge in [0.25, 0.3) is 0 Å². The highest BCUT2D eigenvalue weighted by atomic mass is 32.2. The van der Waals surface area contributed by atoms with Gasteiger partial charge in [-0.25, -0.2) is 18.1 Å². The van der Waals surface area contributed by atoms with Gasteiger partial charge in [0.05, 0.1) is 4.90 Å². The van der Waals surface area contributed by atoms with Crippen molar-refractivity contribution in [1.82, 2.24) is 14.7 Å². The van der Waals surface area contributed by atoms with E-state index in [1.807, 2.05) is 12.1 Å². The third-order valence-electron chi connectivity index (χ3n) is 3.82. The largest absolute Gasteiger partial charge is 0.349 e. The van der Waals surface area contributed by atoms with Crippen LogP contribution in [0.2, 0.25) is 0 Å². The second-order valence-corrected chi connectivity index (χ2v) is 7.09. The van der Waals surface area contributed by atoms with Crippen LogP contribution in [0.3, 0.4) is 0 Å². The summed E-state index contributed by atoms with van der Waals surface area (Å²) in [5.41, 5.74) is 2.46. The fraction of sp³-hybridized carbons (Fsp3) is 0.400. The lowest BCUT2D eigenvalue weighted by Gasteiger charge is -2.08. The molecule has 2 aromatic rings. The third kappa shape index (κ3) is 3.33. The van der Waals surface area contributed by atoms with Crippen molar-refractivity contribution in [3.05, 3.63) is 47.5 Å². The van der Waals surface area contributed by atoms with Crippen LogP contribution < -0.4 is 4.72 Å². The van der Waals surface area contributed by atoms with Gasteiger partial charge in [-0.1, -0.05) is 6.07 Å². The molecule has 0 aliphatic heterocycles. The molecule has 0 saturated carbocycles. The van der Waals surface area contributed by atoms with Crippen LogP contribution in [-0.4, -0.2) is 24.9 Å². The summed E-state index contributed by atoms with van der Waals surface area (Å²) in [4.78, 5) is 7.50. The first-order chi connectivity index (χ1) is 10.1. The second-order valence-electron chi connectivity index (χ2n) is 5.32. The fourth-order valence-corrected chi connectivity index (χ4v) is 3.82. The summed E-state index contributed by atoms with van der Waals surface area (Å²) in [6.07, 6.45) is 8.09. The smallest absolute Gasteiger partial charge is 0.240 e. The number of nitrogens with zero attached hydrogens (tertiary/aromatic N) is 1. The number of aromatic nitrogens is 2. The number of imidazole rings is 1. The minimum Gasteiger partial charge on any atom is -0.349 e. The van der Waals surface area contributed by atoms with Crippen molar-refractivity contribution in [2.24, 2.45) is 0 Å². The normalized spacial score (nSPS) is 14.3. The van der Waals surface area contributed by atoms with E-state index >= 15 is 0 Å². The predicted octanol–water partition coefficient (Wildman–Crippen LogP) is 1.81. The number of rotatable bonds is 6. The molecule has 112 valence electrons. The lowest BCUT2D eigenvalue weighted by molar-refractivity contribution is 0.578. The molecule has 1 heterocycles. The topological polar surface area (TPSA) is 74.8 Å². The molecule has 2 N–H and O–H groups in total. The van der Waals surface area contributed by atoms with E-state index in [0.29, 0.717) is 11.4 Å². The van der Waals surface area contributed by atoms with Crippen molar-refractivity contribution in [2.45, 2.75) is 37.0 Å². The average Bonchev–Trinajstić information content (AvgIpc) is 3.13. The van der Waals surface area contributed by atoms with Crippen LogP contribution in [0, 0.1) is 0 Å². The Morgan fingerprint density at radius 3 is 2.90 bits per heavy atom. The quantitative estimate of drug-likeness (QED) is 0.799. The fourth-order valence-electron chi connectivity index (χ4n) is 2.70. The van der Waals surface area contributed by atoms with Crippen LogP contribution in [0.25, 0.3) is 0 Å². The van der Waals surface area contributed by atoms with Crippen molar-refractivity contribution in [3.63, 3.8) is 0 Å². The number of fused-ring (bicyclic) bond motifs is 1. The van der Waals surface area contributed by atoms with Crippen molar-refractivity contribution >= 4 is 10.0 Å². The van der Waals surface area contributed by atoms with Crippen LogP contribution in [0.4, 0.5) is 0 Å². The van der Waals surface area contributed by atoms with E-state index < -0.39 is 10.0 Å². The molecule has 0 radical (unpaired) electrons. The average molecular weight is 305 g/mol. The van der Waals surface area contributed by atoms with Gasteiger partial charge >= 0.3 is 0 Å². The molecule has 0 spiro atoms. The highest BCUT2D eigenvalue weighted by Crippen LogP contribution is 2.24. The van der Waals surface area contributed by atoms with Crippen LogP contribution >= 0.6 is 0 Å². The summed E-state index contributed by atoms with van der Waals surface area (Å²) in [6.45, 7) is 0.417. The van der Waals surface area contributed by atoms with Gasteiger partial charge in [-0.15, -0.1) is 0 Å². The molecule has 3 rings (SSSR count). The van der Waals surface area contributed by atoms with Gasteiger partial charge in [0.15, 0.2) is 0 Å². The molecule has 21 heavy (non-hydrogen) atoms. The molecule has 0 amide bonds. The Hall–Kier alpha value is -1.66. The Balaban J connectivity index is 1.59. The molecule has 0 atom stereocenters. The lowest BCUT2D eigenvalue weighted by atomic mass is 10.1. The van der Waals surface area contributed by atoms with Gasteiger partial charge in [-0.2, -0.15) is 0 Å². The molecule has 5 nitrogen and oxygen atoms in total. The SMILES string of the molecule is O=S(=O)(NCCCc1ncc[nH]1)c1ccc2c(c1)CCC2. The maximum atomic E-state index is 12.3. The maximum absolute atomic E-state index is 12.3. The van der Waals surface area contributed by atoms with E-state index in [2.05, 4.69) is 14.7 Å². The molecule has 1 aromatic carbocycles. The second kappa shape index (κ2) is 5.99. The molecule has 1 aliphatic carbocycles. The van der Waals surface area contributed by atoms with E-state index in [1.54, 1.807) is 18.5 Å². The summed E-state index contributed by atoms with van der Waals surface area (Å²) in [6, 6.07) is 5.47. The molecule has 6 heteroatoms. The molecule has 1 aromatic heterocycles. The van der Waals surface area contributed by atoms with Gasteiger partial charge in [0.2, 0.25) is 10.0 Å². The molecule has 0 bridgehead atoms. The zero-order valence-electron chi connectivity index (χ0n) is 11.8. The number of hydrogen-bond acceptors (Lipinski definition) is 3. The Bertz CT molecular complexity index is 709. The Labute approximate surface area is 124 Å². The summed E-state index contributed by atoms with van der Waals surface area (Å²) in [5.74, 6) is 0.881. The maximum Gasteiger partial charge on any atom is 0.240 e. The van der Waals surface area contributed by atoms with Crippen LogP contribution in [0.15, 0.2) is 35.5 Å². The first-order valence-electron chi connectivity index (χ1n) is 7.25. The summed E-state index contributed by atoms with van der Waals surface area (Å²) < 4.78 is 27.2. The molecular formula is C15H19N3O2S. The van der Waals surface area contributed by atoms with Gasteiger partial charge in [0.1, 0.15) is 5.82 Å². The molecular weight excluding hydrogens is 286 g/mol. The first kappa shape index (κ1) is 14.3. The summed E-state index contributed by atoms with van der Waals surface area (Å²) in [7, 11) is -3.40. The van der Waals surface area contributed by atoms with Crippen LogP contribution in [-0.2, 0) is 29.3 Å². The Kier molecular flexibility index (Phi) is 4.07. The number of H-pyrrole nitrogens is 1. The number of aryl methyl sites for hydroxylation is 3. The van der Waals surface area contributed by atoms with E-state index in [0.717, 1.165) is 37.9 Å². The molecule has 0 fully saturated rings. The highest BCUT2D eigenvalue weighted by Gasteiger charge is 2.17. The molecule has 1 aliphatic rings. The minimum atomic E-state index is -3.40. The number of sulfonamides is 1. The van der Waals surface area contributed by atoms with Crippen molar-refractivity contribution < 1.29 is 8.42 Å². The van der Waals surface area contributed by atoms with Gasteiger partial charge < -0.3 is 4.98 Å². The minimum absolute atomic E-state index is 0.376. The van der Waals surface area contributed by atoms with E-state index in [-0.39, 0.29) is 0 Å².